The fourth-order valence-corrected chi connectivity index (χ4v) is 7.57. The van der Waals surface area contributed by atoms with Gasteiger partial charge in [-0.3, -0.25) is 9.69 Å². The van der Waals surface area contributed by atoms with Crippen molar-refractivity contribution < 1.29 is 9.90 Å². The Labute approximate surface area is 217 Å². The number of benzene rings is 3. The normalized spacial score (nSPS) is 22.0. The van der Waals surface area contributed by atoms with Crippen LogP contribution in [0, 0.1) is 0 Å². The van der Waals surface area contributed by atoms with Gasteiger partial charge in [0.05, 0.1) is 10.7 Å². The van der Waals surface area contributed by atoms with Gasteiger partial charge < -0.3 is 10.0 Å². The summed E-state index contributed by atoms with van der Waals surface area (Å²) in [5.74, 6) is 0.108. The maximum atomic E-state index is 13.9. The SMILES string of the molecule is CN1/C(=C2/SC(=Nc3c(O)ccc4ccccc34)N(C3CCCCC3)C2=O)Sc2ccc(Cl)cc21. The average Bonchev–Trinajstić information content (AvgIpc) is 3.37. The van der Waals surface area contributed by atoms with Crippen molar-refractivity contribution >= 4 is 68.3 Å². The molecule has 178 valence electrons. The molecule has 0 unspecified atom stereocenters. The van der Waals surface area contributed by atoms with E-state index in [4.69, 9.17) is 16.6 Å². The van der Waals surface area contributed by atoms with Gasteiger partial charge in [0, 0.05) is 28.4 Å². The van der Waals surface area contributed by atoms with Gasteiger partial charge in [-0.15, -0.1) is 0 Å². The van der Waals surface area contributed by atoms with Crippen molar-refractivity contribution in [2.24, 2.45) is 4.99 Å². The molecule has 0 spiro atoms. The van der Waals surface area contributed by atoms with E-state index in [2.05, 4.69) is 0 Å². The van der Waals surface area contributed by atoms with Gasteiger partial charge in [0.1, 0.15) is 16.3 Å². The number of nitrogens with zero attached hydrogens (tertiary/aromatic N) is 3. The van der Waals surface area contributed by atoms with Gasteiger partial charge in [0.25, 0.3) is 5.91 Å². The standard InChI is InChI=1S/C27H24ClN3O2S2/c1-30-20-15-17(28)12-14-22(20)34-26(30)24-25(33)31(18-8-3-2-4-9-18)27(35-24)29-23-19-10-6-5-7-16(19)11-13-21(23)32/h5-7,10-15,18,32H,2-4,8-9H2,1H3/b26-24-,29-27?. The molecule has 0 radical (unpaired) electrons. The zero-order chi connectivity index (χ0) is 24.1. The van der Waals surface area contributed by atoms with Gasteiger partial charge in [0.2, 0.25) is 0 Å². The summed E-state index contributed by atoms with van der Waals surface area (Å²) in [5, 5.41) is 14.8. The Morgan fingerprint density at radius 1 is 1.03 bits per heavy atom. The average molecular weight is 522 g/mol. The van der Waals surface area contributed by atoms with Crippen LogP contribution in [-0.2, 0) is 4.79 Å². The zero-order valence-electron chi connectivity index (χ0n) is 19.2. The minimum Gasteiger partial charge on any atom is -0.506 e. The molecule has 0 aromatic heterocycles. The second-order valence-corrected chi connectivity index (χ2v) is 11.5. The third-order valence-corrected chi connectivity index (χ3v) is 9.47. The smallest absolute Gasteiger partial charge is 0.269 e. The van der Waals surface area contributed by atoms with Gasteiger partial charge in [-0.25, -0.2) is 4.99 Å². The van der Waals surface area contributed by atoms with Gasteiger partial charge in [0.15, 0.2) is 5.17 Å². The molecule has 8 heteroatoms. The molecule has 35 heavy (non-hydrogen) atoms. The number of carbonyl (C=O) groups is 1. The number of hydrogen-bond acceptors (Lipinski definition) is 6. The predicted octanol–water partition coefficient (Wildman–Crippen LogP) is 7.51. The van der Waals surface area contributed by atoms with Crippen molar-refractivity contribution in [3.63, 3.8) is 0 Å². The van der Waals surface area contributed by atoms with Crippen molar-refractivity contribution in [1.29, 1.82) is 0 Å². The Hall–Kier alpha value is -2.61. The summed E-state index contributed by atoms with van der Waals surface area (Å²) in [7, 11) is 1.97. The molecule has 2 aliphatic heterocycles. The minimum atomic E-state index is -0.00590. The molecule has 1 saturated heterocycles. The van der Waals surface area contributed by atoms with E-state index < -0.39 is 0 Å². The zero-order valence-corrected chi connectivity index (χ0v) is 21.6. The van der Waals surface area contributed by atoms with Gasteiger partial charge in [-0.05, 0) is 54.3 Å². The molecule has 1 saturated carbocycles. The molecule has 1 amide bonds. The summed E-state index contributed by atoms with van der Waals surface area (Å²) in [5.41, 5.74) is 1.51. The fourth-order valence-electron chi connectivity index (χ4n) is 5.03. The highest BCUT2D eigenvalue weighted by atomic mass is 35.5. The van der Waals surface area contributed by atoms with Crippen LogP contribution in [0.25, 0.3) is 10.8 Å². The molecule has 6 rings (SSSR count). The Morgan fingerprint density at radius 3 is 2.66 bits per heavy atom. The first kappa shape index (κ1) is 22.8. The highest BCUT2D eigenvalue weighted by Crippen LogP contribution is 2.51. The van der Waals surface area contributed by atoms with Crippen LogP contribution in [0.15, 0.2) is 74.4 Å². The maximum absolute atomic E-state index is 13.9. The lowest BCUT2D eigenvalue weighted by Gasteiger charge is -2.30. The third-order valence-electron chi connectivity index (χ3n) is 6.83. The largest absolute Gasteiger partial charge is 0.506 e. The summed E-state index contributed by atoms with van der Waals surface area (Å²) >= 11 is 9.25. The molecule has 0 atom stereocenters. The molecular weight excluding hydrogens is 498 g/mol. The third kappa shape index (κ3) is 3.99. The molecular formula is C27H24ClN3O2S2. The topological polar surface area (TPSA) is 56.1 Å². The molecule has 1 aliphatic carbocycles. The van der Waals surface area contributed by atoms with Crippen LogP contribution >= 0.6 is 35.1 Å². The number of fused-ring (bicyclic) bond motifs is 2. The van der Waals surface area contributed by atoms with Crippen LogP contribution in [0.4, 0.5) is 11.4 Å². The van der Waals surface area contributed by atoms with Gasteiger partial charge in [-0.1, -0.05) is 73.0 Å². The highest BCUT2D eigenvalue weighted by molar-refractivity contribution is 8.19. The number of rotatable bonds is 2. The lowest BCUT2D eigenvalue weighted by molar-refractivity contribution is -0.124. The Bertz CT molecular complexity index is 1410. The monoisotopic (exact) mass is 521 g/mol. The molecule has 0 bridgehead atoms. The van der Waals surface area contributed by atoms with E-state index in [1.165, 1.54) is 18.2 Å². The summed E-state index contributed by atoms with van der Waals surface area (Å²) in [6.07, 6.45) is 5.35. The van der Waals surface area contributed by atoms with E-state index in [1.807, 2.05) is 65.4 Å². The Morgan fingerprint density at radius 2 is 1.83 bits per heavy atom. The number of aromatic hydroxyl groups is 1. The Kier molecular flexibility index (Phi) is 5.95. The molecule has 3 aromatic rings. The number of anilines is 1. The van der Waals surface area contributed by atoms with Crippen molar-refractivity contribution in [2.45, 2.75) is 43.0 Å². The van der Waals surface area contributed by atoms with Crippen molar-refractivity contribution in [3.8, 4) is 5.75 Å². The lowest BCUT2D eigenvalue weighted by Crippen LogP contribution is -2.40. The van der Waals surface area contributed by atoms with Gasteiger partial charge >= 0.3 is 0 Å². The summed E-state index contributed by atoms with van der Waals surface area (Å²) in [4.78, 5) is 24.6. The van der Waals surface area contributed by atoms with Crippen molar-refractivity contribution in [2.75, 3.05) is 11.9 Å². The first-order valence-corrected chi connectivity index (χ1v) is 13.8. The van der Waals surface area contributed by atoms with E-state index in [1.54, 1.807) is 17.8 Å². The number of thioether (sulfide) groups is 2. The van der Waals surface area contributed by atoms with Crippen LogP contribution in [0.1, 0.15) is 32.1 Å². The van der Waals surface area contributed by atoms with E-state index >= 15 is 0 Å². The summed E-state index contributed by atoms with van der Waals surface area (Å²) in [6.45, 7) is 0. The summed E-state index contributed by atoms with van der Waals surface area (Å²) in [6, 6.07) is 17.4. The number of aliphatic imine (C=N–C) groups is 1. The lowest BCUT2D eigenvalue weighted by atomic mass is 9.94. The number of halogens is 1. The number of amides is 1. The van der Waals surface area contributed by atoms with Crippen molar-refractivity contribution in [3.05, 3.63) is 69.6 Å². The van der Waals surface area contributed by atoms with Crippen LogP contribution in [0.5, 0.6) is 5.75 Å². The van der Waals surface area contributed by atoms with Crippen LogP contribution < -0.4 is 4.90 Å². The first-order chi connectivity index (χ1) is 17.0. The predicted molar refractivity (Wildman–Crippen MR) is 147 cm³/mol. The molecule has 3 aliphatic rings. The molecule has 2 fully saturated rings. The number of hydrogen-bond donors (Lipinski definition) is 1. The quantitative estimate of drug-likeness (QED) is 0.354. The van der Waals surface area contributed by atoms with Crippen LogP contribution in [0.3, 0.4) is 0 Å². The van der Waals surface area contributed by atoms with Crippen LogP contribution in [0.2, 0.25) is 5.02 Å². The van der Waals surface area contributed by atoms with E-state index in [-0.39, 0.29) is 17.7 Å². The number of amidine groups is 1. The number of phenols is 1. The number of carbonyl (C=O) groups excluding carboxylic acids is 1. The Balaban J connectivity index is 1.47. The van der Waals surface area contributed by atoms with E-state index in [0.29, 0.717) is 20.8 Å². The second kappa shape index (κ2) is 9.12. The van der Waals surface area contributed by atoms with E-state index in [9.17, 15) is 9.90 Å². The molecule has 3 aromatic carbocycles. The first-order valence-electron chi connectivity index (χ1n) is 11.8. The van der Waals surface area contributed by atoms with Crippen LogP contribution in [-0.4, -0.2) is 34.2 Å². The second-order valence-electron chi connectivity index (χ2n) is 9.03. The summed E-state index contributed by atoms with van der Waals surface area (Å²) < 4.78 is 0. The van der Waals surface area contributed by atoms with Crippen molar-refractivity contribution in [1.82, 2.24) is 4.90 Å². The highest BCUT2D eigenvalue weighted by Gasteiger charge is 2.42. The molecule has 2 heterocycles. The molecule has 1 N–H and O–H groups in total. The minimum absolute atomic E-state index is 0.00590. The number of phenolic OH excluding ortho intramolecular Hbond substituents is 1. The molecule has 5 nitrogen and oxygen atoms in total. The van der Waals surface area contributed by atoms with E-state index in [0.717, 1.165) is 52.1 Å². The maximum Gasteiger partial charge on any atom is 0.269 e. The fraction of sp³-hybridized carbons (Fsp3) is 0.259. The van der Waals surface area contributed by atoms with Gasteiger partial charge in [-0.2, -0.15) is 0 Å².